The van der Waals surface area contributed by atoms with Gasteiger partial charge >= 0.3 is 0 Å². The van der Waals surface area contributed by atoms with Gasteiger partial charge in [0.2, 0.25) is 5.91 Å². The van der Waals surface area contributed by atoms with E-state index in [9.17, 15) is 4.79 Å². The summed E-state index contributed by atoms with van der Waals surface area (Å²) in [5, 5.41) is 2.83. The smallest absolute Gasteiger partial charge is 0.224 e. The van der Waals surface area contributed by atoms with E-state index in [0.717, 1.165) is 17.3 Å². The lowest BCUT2D eigenvalue weighted by atomic mass is 10.1. The molecule has 0 bridgehead atoms. The first-order chi connectivity index (χ1) is 8.13. The molecule has 0 aliphatic carbocycles. The number of benzene rings is 1. The molecule has 0 atom stereocenters. The summed E-state index contributed by atoms with van der Waals surface area (Å²) < 4.78 is 0.913. The molecule has 3 N–H and O–H groups in total. The number of nitrogens with two attached hydrogens (primary N) is 1. The Balaban J connectivity index is 2.40. The van der Waals surface area contributed by atoms with Crippen LogP contribution in [0.3, 0.4) is 0 Å². The SMILES string of the molecule is CCCCCCC(=O)Nc1ccc(Br)cc1N. The Bertz CT molecular complexity index is 380. The molecule has 0 aromatic heterocycles. The largest absolute Gasteiger partial charge is 0.397 e. The van der Waals surface area contributed by atoms with Gasteiger partial charge in [0.15, 0.2) is 0 Å². The third kappa shape index (κ3) is 5.22. The molecular weight excluding hydrogens is 280 g/mol. The van der Waals surface area contributed by atoms with Crippen LogP contribution < -0.4 is 11.1 Å². The number of hydrogen-bond donors (Lipinski definition) is 2. The lowest BCUT2D eigenvalue weighted by molar-refractivity contribution is -0.116. The molecule has 4 heteroatoms. The quantitative estimate of drug-likeness (QED) is 0.617. The van der Waals surface area contributed by atoms with Crippen molar-refractivity contribution in [3.63, 3.8) is 0 Å². The number of carbonyl (C=O) groups is 1. The van der Waals surface area contributed by atoms with Crippen molar-refractivity contribution in [2.75, 3.05) is 11.1 Å². The molecular formula is C13H19BrN2O. The van der Waals surface area contributed by atoms with E-state index in [2.05, 4.69) is 28.2 Å². The Morgan fingerprint density at radius 3 is 2.76 bits per heavy atom. The second-order valence-corrected chi connectivity index (χ2v) is 5.01. The number of anilines is 2. The second-order valence-electron chi connectivity index (χ2n) is 4.09. The van der Waals surface area contributed by atoms with Crippen molar-refractivity contribution >= 4 is 33.2 Å². The van der Waals surface area contributed by atoms with Crippen molar-refractivity contribution in [2.45, 2.75) is 39.0 Å². The van der Waals surface area contributed by atoms with Gasteiger partial charge in [-0.1, -0.05) is 42.1 Å². The molecule has 0 aliphatic heterocycles. The summed E-state index contributed by atoms with van der Waals surface area (Å²) >= 11 is 3.33. The monoisotopic (exact) mass is 298 g/mol. The van der Waals surface area contributed by atoms with Crippen molar-refractivity contribution in [3.05, 3.63) is 22.7 Å². The van der Waals surface area contributed by atoms with Crippen LogP contribution in [0.5, 0.6) is 0 Å². The third-order valence-electron chi connectivity index (χ3n) is 2.55. The maximum Gasteiger partial charge on any atom is 0.224 e. The number of amides is 1. The Labute approximate surface area is 111 Å². The van der Waals surface area contributed by atoms with Crippen LogP contribution in [0.2, 0.25) is 0 Å². The lowest BCUT2D eigenvalue weighted by Gasteiger charge is -2.08. The van der Waals surface area contributed by atoms with Crippen LogP contribution in [0.4, 0.5) is 11.4 Å². The van der Waals surface area contributed by atoms with Gasteiger partial charge in [-0.05, 0) is 24.6 Å². The van der Waals surface area contributed by atoms with Crippen LogP contribution in [0, 0.1) is 0 Å². The molecule has 0 spiro atoms. The zero-order chi connectivity index (χ0) is 12.7. The van der Waals surface area contributed by atoms with Crippen LogP contribution in [-0.2, 0) is 4.79 Å². The molecule has 0 saturated carbocycles. The number of unbranched alkanes of at least 4 members (excludes halogenated alkanes) is 3. The molecule has 1 amide bonds. The van der Waals surface area contributed by atoms with Gasteiger partial charge in [0.05, 0.1) is 11.4 Å². The van der Waals surface area contributed by atoms with Gasteiger partial charge in [-0.25, -0.2) is 0 Å². The summed E-state index contributed by atoms with van der Waals surface area (Å²) in [5.41, 5.74) is 7.07. The maximum absolute atomic E-state index is 11.6. The van der Waals surface area contributed by atoms with E-state index in [1.54, 1.807) is 6.07 Å². The van der Waals surface area contributed by atoms with Gasteiger partial charge in [-0.2, -0.15) is 0 Å². The minimum absolute atomic E-state index is 0.0372. The van der Waals surface area contributed by atoms with Crippen molar-refractivity contribution in [1.82, 2.24) is 0 Å². The van der Waals surface area contributed by atoms with E-state index in [1.165, 1.54) is 12.8 Å². The number of hydrogen-bond acceptors (Lipinski definition) is 2. The van der Waals surface area contributed by atoms with Crippen LogP contribution in [0.1, 0.15) is 39.0 Å². The summed E-state index contributed by atoms with van der Waals surface area (Å²) in [5.74, 6) is 0.0372. The number of halogens is 1. The Hall–Kier alpha value is -1.03. The summed E-state index contributed by atoms with van der Waals surface area (Å²) in [6.45, 7) is 2.16. The summed E-state index contributed by atoms with van der Waals surface area (Å²) in [7, 11) is 0. The van der Waals surface area contributed by atoms with E-state index >= 15 is 0 Å². The van der Waals surface area contributed by atoms with Crippen LogP contribution in [-0.4, -0.2) is 5.91 Å². The summed E-state index contributed by atoms with van der Waals surface area (Å²) in [4.78, 5) is 11.6. The highest BCUT2D eigenvalue weighted by molar-refractivity contribution is 9.10. The first-order valence-electron chi connectivity index (χ1n) is 5.98. The number of rotatable bonds is 6. The molecule has 0 aliphatic rings. The highest BCUT2D eigenvalue weighted by Crippen LogP contribution is 2.23. The van der Waals surface area contributed by atoms with E-state index < -0.39 is 0 Å². The van der Waals surface area contributed by atoms with E-state index in [-0.39, 0.29) is 5.91 Å². The van der Waals surface area contributed by atoms with E-state index in [1.807, 2.05) is 12.1 Å². The van der Waals surface area contributed by atoms with Crippen molar-refractivity contribution in [1.29, 1.82) is 0 Å². The molecule has 0 unspecified atom stereocenters. The van der Waals surface area contributed by atoms with Crippen molar-refractivity contribution < 1.29 is 4.79 Å². The first kappa shape index (κ1) is 14.0. The molecule has 0 saturated heterocycles. The lowest BCUT2D eigenvalue weighted by Crippen LogP contribution is -2.12. The number of nitrogen functional groups attached to an aromatic ring is 1. The number of nitrogens with one attached hydrogen (secondary N) is 1. The predicted octanol–water partition coefficient (Wildman–Crippen LogP) is 3.94. The topological polar surface area (TPSA) is 55.1 Å². The minimum atomic E-state index is 0.0372. The molecule has 1 aromatic carbocycles. The number of carbonyl (C=O) groups excluding carboxylic acids is 1. The highest BCUT2D eigenvalue weighted by atomic mass is 79.9. The standard InChI is InChI=1S/C13H19BrN2O/c1-2-3-4-5-6-13(17)16-12-8-7-10(14)9-11(12)15/h7-9H,2-6,15H2,1H3,(H,16,17). The zero-order valence-electron chi connectivity index (χ0n) is 10.1. The third-order valence-corrected chi connectivity index (χ3v) is 3.04. The Morgan fingerprint density at radius 2 is 2.12 bits per heavy atom. The molecule has 1 aromatic rings. The second kappa shape index (κ2) is 7.33. The average Bonchev–Trinajstić information content (AvgIpc) is 2.28. The predicted molar refractivity (Wildman–Crippen MR) is 75.9 cm³/mol. The van der Waals surface area contributed by atoms with Gasteiger partial charge < -0.3 is 11.1 Å². The summed E-state index contributed by atoms with van der Waals surface area (Å²) in [6.07, 6.45) is 4.99. The average molecular weight is 299 g/mol. The van der Waals surface area contributed by atoms with Gasteiger partial charge in [-0.15, -0.1) is 0 Å². The van der Waals surface area contributed by atoms with Gasteiger partial charge in [0.25, 0.3) is 0 Å². The summed E-state index contributed by atoms with van der Waals surface area (Å²) in [6, 6.07) is 5.46. The molecule has 0 fully saturated rings. The van der Waals surface area contributed by atoms with Gasteiger partial charge in [0, 0.05) is 10.9 Å². The normalized spacial score (nSPS) is 10.2. The van der Waals surface area contributed by atoms with Crippen LogP contribution >= 0.6 is 15.9 Å². The fourth-order valence-electron chi connectivity index (χ4n) is 1.57. The zero-order valence-corrected chi connectivity index (χ0v) is 11.7. The van der Waals surface area contributed by atoms with Crippen LogP contribution in [0.25, 0.3) is 0 Å². The highest BCUT2D eigenvalue weighted by Gasteiger charge is 2.05. The van der Waals surface area contributed by atoms with E-state index in [4.69, 9.17) is 5.73 Å². The Kier molecular flexibility index (Phi) is 6.05. The molecule has 0 heterocycles. The van der Waals surface area contributed by atoms with Crippen molar-refractivity contribution in [3.8, 4) is 0 Å². The van der Waals surface area contributed by atoms with Gasteiger partial charge in [-0.3, -0.25) is 4.79 Å². The van der Waals surface area contributed by atoms with Crippen LogP contribution in [0.15, 0.2) is 22.7 Å². The first-order valence-corrected chi connectivity index (χ1v) is 6.77. The van der Waals surface area contributed by atoms with Gasteiger partial charge in [0.1, 0.15) is 0 Å². The maximum atomic E-state index is 11.6. The molecule has 17 heavy (non-hydrogen) atoms. The fourth-order valence-corrected chi connectivity index (χ4v) is 1.95. The molecule has 3 nitrogen and oxygen atoms in total. The van der Waals surface area contributed by atoms with E-state index in [0.29, 0.717) is 17.8 Å². The fraction of sp³-hybridized carbons (Fsp3) is 0.462. The molecule has 1 rings (SSSR count). The van der Waals surface area contributed by atoms with Crippen molar-refractivity contribution in [2.24, 2.45) is 0 Å². The Morgan fingerprint density at radius 1 is 1.35 bits per heavy atom. The molecule has 0 radical (unpaired) electrons. The minimum Gasteiger partial charge on any atom is -0.397 e. The molecule has 94 valence electrons.